The van der Waals surface area contributed by atoms with Crippen LogP contribution in [-0.2, 0) is 0 Å². The molecule has 4 rings (SSSR count). The van der Waals surface area contributed by atoms with Crippen molar-refractivity contribution in [1.29, 1.82) is 0 Å². The molecule has 4 nitrogen and oxygen atoms in total. The normalized spacial score (nSPS) is 11.9. The van der Waals surface area contributed by atoms with Crippen LogP contribution in [0.2, 0.25) is 5.02 Å². The molecule has 0 fully saturated rings. The molecular formula is C23H18ClNO3. The Kier molecular flexibility index (Phi) is 5.04. The number of methoxy groups -OCH3 is 1. The van der Waals surface area contributed by atoms with Crippen LogP contribution in [0.15, 0.2) is 83.3 Å². The Labute approximate surface area is 167 Å². The molecule has 0 bridgehead atoms. The number of hydrogen-bond acceptors (Lipinski definition) is 4. The van der Waals surface area contributed by atoms with E-state index in [1.807, 2.05) is 66.7 Å². The van der Waals surface area contributed by atoms with Crippen molar-refractivity contribution in [3.63, 3.8) is 0 Å². The van der Waals surface area contributed by atoms with Gasteiger partial charge in [-0.2, -0.15) is 0 Å². The maximum atomic E-state index is 13.4. The number of hydrogen-bond donors (Lipinski definition) is 1. The molecule has 3 aromatic carbocycles. The Bertz CT molecular complexity index is 1100. The second-order valence-electron chi connectivity index (χ2n) is 6.31. The van der Waals surface area contributed by atoms with E-state index in [0.717, 1.165) is 5.39 Å². The fourth-order valence-corrected chi connectivity index (χ4v) is 3.36. The van der Waals surface area contributed by atoms with Gasteiger partial charge >= 0.3 is 0 Å². The lowest BCUT2D eigenvalue weighted by Crippen LogP contribution is -2.21. The van der Waals surface area contributed by atoms with Crippen LogP contribution >= 0.6 is 11.6 Å². The van der Waals surface area contributed by atoms with Gasteiger partial charge in [-0.1, -0.05) is 60.1 Å². The topological polar surface area (TPSA) is 51.5 Å². The van der Waals surface area contributed by atoms with E-state index in [0.29, 0.717) is 27.6 Å². The summed E-state index contributed by atoms with van der Waals surface area (Å²) in [6.07, 6.45) is 0. The summed E-state index contributed by atoms with van der Waals surface area (Å²) in [6, 6.07) is 23.3. The van der Waals surface area contributed by atoms with Gasteiger partial charge in [-0.3, -0.25) is 4.79 Å². The maximum Gasteiger partial charge on any atom is 0.224 e. The highest BCUT2D eigenvalue weighted by molar-refractivity contribution is 6.33. The van der Waals surface area contributed by atoms with Crippen LogP contribution in [0.1, 0.15) is 22.2 Å². The van der Waals surface area contributed by atoms with Crippen molar-refractivity contribution < 1.29 is 13.9 Å². The Morgan fingerprint density at radius 2 is 1.71 bits per heavy atom. The van der Waals surface area contributed by atoms with E-state index in [4.69, 9.17) is 20.8 Å². The number of para-hydroxylation sites is 3. The standard InChI is InChI=1S/C23H18ClNO3/c1-27-20-13-7-3-9-16(20)22(25-18-11-5-4-10-17(18)24)23(26)21-14-15-8-2-6-12-19(15)28-21/h2-14,22,25H,1H3. The zero-order valence-electron chi connectivity index (χ0n) is 15.2. The first-order valence-corrected chi connectivity index (χ1v) is 9.22. The van der Waals surface area contributed by atoms with Crippen LogP contribution in [0.4, 0.5) is 5.69 Å². The lowest BCUT2D eigenvalue weighted by Gasteiger charge is -2.21. The largest absolute Gasteiger partial charge is 0.496 e. The predicted molar refractivity (Wildman–Crippen MR) is 111 cm³/mol. The number of furan rings is 1. The molecule has 0 aliphatic carbocycles. The minimum atomic E-state index is -0.725. The minimum absolute atomic E-state index is 0.208. The van der Waals surface area contributed by atoms with Gasteiger partial charge in [-0.25, -0.2) is 0 Å². The van der Waals surface area contributed by atoms with Crippen LogP contribution in [-0.4, -0.2) is 12.9 Å². The zero-order valence-corrected chi connectivity index (χ0v) is 15.9. The quantitative estimate of drug-likeness (QED) is 0.401. The summed E-state index contributed by atoms with van der Waals surface area (Å²) < 4.78 is 11.3. The molecule has 0 radical (unpaired) electrons. The van der Waals surface area contributed by atoms with Gasteiger partial charge in [-0.05, 0) is 30.3 Å². The Morgan fingerprint density at radius 3 is 2.50 bits per heavy atom. The highest BCUT2D eigenvalue weighted by Crippen LogP contribution is 2.34. The molecule has 0 saturated carbocycles. The fourth-order valence-electron chi connectivity index (χ4n) is 3.17. The zero-order chi connectivity index (χ0) is 19.5. The van der Waals surface area contributed by atoms with Crippen molar-refractivity contribution in [3.8, 4) is 5.75 Å². The second-order valence-corrected chi connectivity index (χ2v) is 6.72. The number of anilines is 1. The molecule has 1 unspecified atom stereocenters. The number of carbonyl (C=O) groups excluding carboxylic acids is 1. The smallest absolute Gasteiger partial charge is 0.224 e. The molecule has 0 spiro atoms. The summed E-state index contributed by atoms with van der Waals surface area (Å²) in [6.45, 7) is 0. The van der Waals surface area contributed by atoms with E-state index in [2.05, 4.69) is 5.32 Å². The number of rotatable bonds is 6. The van der Waals surface area contributed by atoms with Gasteiger partial charge in [0, 0.05) is 10.9 Å². The van der Waals surface area contributed by atoms with Gasteiger partial charge in [0.2, 0.25) is 5.78 Å². The van der Waals surface area contributed by atoms with Crippen LogP contribution in [0, 0.1) is 0 Å². The van der Waals surface area contributed by atoms with E-state index in [1.165, 1.54) is 0 Å². The minimum Gasteiger partial charge on any atom is -0.496 e. The van der Waals surface area contributed by atoms with Gasteiger partial charge in [-0.15, -0.1) is 0 Å². The average molecular weight is 392 g/mol. The molecule has 5 heteroatoms. The first kappa shape index (κ1) is 18.1. The van der Waals surface area contributed by atoms with E-state index < -0.39 is 6.04 Å². The van der Waals surface area contributed by atoms with Crippen LogP contribution < -0.4 is 10.1 Å². The molecule has 1 atom stereocenters. The molecule has 28 heavy (non-hydrogen) atoms. The van der Waals surface area contributed by atoms with E-state index in [1.54, 1.807) is 19.2 Å². The van der Waals surface area contributed by atoms with Gasteiger partial charge in [0.1, 0.15) is 17.4 Å². The van der Waals surface area contributed by atoms with Crippen molar-refractivity contribution in [2.24, 2.45) is 0 Å². The van der Waals surface area contributed by atoms with Gasteiger partial charge in [0.15, 0.2) is 5.76 Å². The predicted octanol–water partition coefficient (Wildman–Crippen LogP) is 6.13. The summed E-state index contributed by atoms with van der Waals surface area (Å²) in [7, 11) is 1.58. The Morgan fingerprint density at radius 1 is 1.00 bits per heavy atom. The molecule has 0 saturated heterocycles. The van der Waals surface area contributed by atoms with Crippen molar-refractivity contribution in [2.45, 2.75) is 6.04 Å². The number of ketones is 1. The molecule has 1 heterocycles. The number of halogens is 1. The number of fused-ring (bicyclic) bond motifs is 1. The Hall–Kier alpha value is -3.24. The summed E-state index contributed by atoms with van der Waals surface area (Å²) in [5, 5.41) is 4.66. The lowest BCUT2D eigenvalue weighted by atomic mass is 9.99. The van der Waals surface area contributed by atoms with E-state index in [-0.39, 0.29) is 11.5 Å². The maximum absolute atomic E-state index is 13.4. The van der Waals surface area contributed by atoms with Crippen LogP contribution in [0.25, 0.3) is 11.0 Å². The molecule has 4 aromatic rings. The van der Waals surface area contributed by atoms with Crippen molar-refractivity contribution in [2.75, 3.05) is 12.4 Å². The second kappa shape index (κ2) is 7.79. The number of carbonyl (C=O) groups is 1. The highest BCUT2D eigenvalue weighted by Gasteiger charge is 2.28. The van der Waals surface area contributed by atoms with Gasteiger partial charge < -0.3 is 14.5 Å². The van der Waals surface area contributed by atoms with Crippen molar-refractivity contribution in [1.82, 2.24) is 0 Å². The number of benzene rings is 3. The monoisotopic (exact) mass is 391 g/mol. The average Bonchev–Trinajstić information content (AvgIpc) is 3.17. The summed E-state index contributed by atoms with van der Waals surface area (Å²) in [5.41, 5.74) is 2.03. The van der Waals surface area contributed by atoms with Crippen molar-refractivity contribution >= 4 is 34.0 Å². The number of nitrogens with one attached hydrogen (secondary N) is 1. The third kappa shape index (κ3) is 3.47. The van der Waals surface area contributed by atoms with E-state index in [9.17, 15) is 4.79 Å². The molecule has 0 amide bonds. The molecule has 1 N–H and O–H groups in total. The van der Waals surface area contributed by atoms with Crippen LogP contribution in [0.3, 0.4) is 0 Å². The van der Waals surface area contributed by atoms with Crippen LogP contribution in [0.5, 0.6) is 5.75 Å². The Balaban J connectivity index is 1.79. The fraction of sp³-hybridized carbons (Fsp3) is 0.0870. The molecule has 1 aromatic heterocycles. The highest BCUT2D eigenvalue weighted by atomic mass is 35.5. The molecule has 0 aliphatic heterocycles. The first-order valence-electron chi connectivity index (χ1n) is 8.84. The number of ether oxygens (including phenoxy) is 1. The SMILES string of the molecule is COc1ccccc1C(Nc1ccccc1Cl)C(=O)c1cc2ccccc2o1. The molecule has 140 valence electrons. The first-order chi connectivity index (χ1) is 13.7. The summed E-state index contributed by atoms with van der Waals surface area (Å²) in [5.74, 6) is 0.675. The van der Waals surface area contributed by atoms with Crippen molar-refractivity contribution in [3.05, 3.63) is 95.2 Å². The third-order valence-corrected chi connectivity index (χ3v) is 4.88. The van der Waals surface area contributed by atoms with Gasteiger partial charge in [0.05, 0.1) is 17.8 Å². The lowest BCUT2D eigenvalue weighted by molar-refractivity contribution is 0.0943. The van der Waals surface area contributed by atoms with Gasteiger partial charge in [0.25, 0.3) is 0 Å². The third-order valence-electron chi connectivity index (χ3n) is 4.55. The number of Topliss-reactive ketones (excluding diaryl/α,β-unsaturated/α-hetero) is 1. The summed E-state index contributed by atoms with van der Waals surface area (Å²) >= 11 is 6.32. The molecule has 0 aliphatic rings. The molecular weight excluding hydrogens is 374 g/mol. The summed E-state index contributed by atoms with van der Waals surface area (Å²) in [4.78, 5) is 13.4. The van der Waals surface area contributed by atoms with E-state index >= 15 is 0 Å².